The summed E-state index contributed by atoms with van der Waals surface area (Å²) in [5.74, 6) is 1.42. The molecule has 1 N–H and O–H groups in total. The molecule has 2 aliphatic heterocycles. The maximum absolute atomic E-state index is 12.4. The molecule has 0 radical (unpaired) electrons. The second-order valence-corrected chi connectivity index (χ2v) is 7.62. The number of fused-ring (bicyclic) bond motifs is 1. The van der Waals surface area contributed by atoms with E-state index in [2.05, 4.69) is 5.32 Å². The van der Waals surface area contributed by atoms with Gasteiger partial charge in [-0.25, -0.2) is 0 Å². The highest BCUT2D eigenvalue weighted by atomic mass is 35.5. The van der Waals surface area contributed by atoms with E-state index in [0.29, 0.717) is 46.8 Å². The highest BCUT2D eigenvalue weighted by Gasteiger charge is 2.31. The number of carbonyl (C=O) groups is 2. The fraction of sp³-hybridized carbons (Fsp3) is 0.300. The van der Waals surface area contributed by atoms with E-state index >= 15 is 0 Å². The van der Waals surface area contributed by atoms with Crippen molar-refractivity contribution in [3.8, 4) is 17.2 Å². The number of nitrogens with zero attached hydrogens (tertiary/aromatic N) is 1. The number of rotatable bonds is 6. The molecule has 0 unspecified atom stereocenters. The van der Waals surface area contributed by atoms with E-state index in [-0.39, 0.29) is 31.1 Å². The number of halogens is 2. The zero-order valence-corrected chi connectivity index (χ0v) is 16.8. The van der Waals surface area contributed by atoms with Gasteiger partial charge in [-0.3, -0.25) is 9.59 Å². The Morgan fingerprint density at radius 3 is 2.83 bits per heavy atom. The van der Waals surface area contributed by atoms with Crippen molar-refractivity contribution in [2.75, 3.05) is 31.4 Å². The van der Waals surface area contributed by atoms with Gasteiger partial charge in [0.25, 0.3) is 5.91 Å². The van der Waals surface area contributed by atoms with Crippen LogP contribution in [0.25, 0.3) is 0 Å². The Morgan fingerprint density at radius 1 is 1.17 bits per heavy atom. The summed E-state index contributed by atoms with van der Waals surface area (Å²) in [7, 11) is 0. The molecule has 152 valence electrons. The third kappa shape index (κ3) is 4.52. The van der Waals surface area contributed by atoms with E-state index in [1.165, 1.54) is 0 Å². The van der Waals surface area contributed by atoms with Crippen molar-refractivity contribution < 1.29 is 23.8 Å². The maximum atomic E-state index is 12.4. The zero-order valence-electron chi connectivity index (χ0n) is 15.3. The minimum absolute atomic E-state index is 0.00677. The molecule has 2 aromatic rings. The first kappa shape index (κ1) is 19.7. The quantitative estimate of drug-likeness (QED) is 0.751. The third-order valence-electron chi connectivity index (χ3n) is 4.71. The lowest BCUT2D eigenvalue weighted by Gasteiger charge is -2.17. The van der Waals surface area contributed by atoms with Crippen LogP contribution < -0.4 is 24.4 Å². The van der Waals surface area contributed by atoms with Crippen molar-refractivity contribution in [2.45, 2.75) is 6.42 Å². The van der Waals surface area contributed by atoms with Gasteiger partial charge < -0.3 is 24.4 Å². The Morgan fingerprint density at radius 2 is 2.00 bits per heavy atom. The van der Waals surface area contributed by atoms with Gasteiger partial charge in [0.05, 0.1) is 5.02 Å². The van der Waals surface area contributed by atoms with E-state index < -0.39 is 0 Å². The van der Waals surface area contributed by atoms with Crippen LogP contribution in [0, 0.1) is 5.92 Å². The number of amides is 2. The first-order valence-corrected chi connectivity index (χ1v) is 9.80. The first-order valence-electron chi connectivity index (χ1n) is 9.04. The summed E-state index contributed by atoms with van der Waals surface area (Å²) in [6.45, 7) is 0.907. The Kier molecular flexibility index (Phi) is 5.69. The predicted octanol–water partition coefficient (Wildman–Crippen LogP) is 3.27. The Balaban J connectivity index is 1.27. The molecule has 0 aliphatic carbocycles. The van der Waals surface area contributed by atoms with E-state index in [1.54, 1.807) is 35.2 Å². The molecule has 1 fully saturated rings. The largest absolute Gasteiger partial charge is 0.482 e. The average molecular weight is 437 g/mol. The summed E-state index contributed by atoms with van der Waals surface area (Å²) < 4.78 is 16.1. The lowest BCUT2D eigenvalue weighted by Crippen LogP contribution is -2.34. The molecule has 0 spiro atoms. The van der Waals surface area contributed by atoms with Crippen LogP contribution in [0.5, 0.6) is 17.2 Å². The molecule has 2 heterocycles. The number of ether oxygens (including phenoxy) is 3. The van der Waals surface area contributed by atoms with Crippen molar-refractivity contribution >= 4 is 40.7 Å². The molecule has 4 rings (SSSR count). The molecule has 0 saturated carbocycles. The molecule has 1 saturated heterocycles. The van der Waals surface area contributed by atoms with Gasteiger partial charge in [0, 0.05) is 42.2 Å². The molecule has 7 nitrogen and oxygen atoms in total. The average Bonchev–Trinajstić information content (AvgIpc) is 3.31. The lowest BCUT2D eigenvalue weighted by molar-refractivity contribution is -0.123. The summed E-state index contributed by atoms with van der Waals surface area (Å²) >= 11 is 11.9. The third-order valence-corrected chi connectivity index (χ3v) is 5.24. The van der Waals surface area contributed by atoms with Crippen molar-refractivity contribution in [2.24, 2.45) is 5.92 Å². The summed E-state index contributed by atoms with van der Waals surface area (Å²) in [5, 5.41) is 3.63. The number of carbonyl (C=O) groups excluding carboxylic acids is 2. The molecule has 0 aromatic heterocycles. The van der Waals surface area contributed by atoms with Gasteiger partial charge in [-0.05, 0) is 30.3 Å². The molecule has 0 bridgehead atoms. The fourth-order valence-electron chi connectivity index (χ4n) is 3.27. The Hall–Kier alpha value is -2.64. The molecular formula is C20H18Cl2N2O5. The standard InChI is InChI=1S/C20H18Cl2N2O5/c21-13-1-3-16(15(22)6-13)27-10-19(25)23-8-12-5-20(26)24(9-12)14-2-4-17-18(7-14)29-11-28-17/h1-4,6-7,12H,5,8-11H2,(H,23,25)/t12-/m0/s1. The molecule has 9 heteroatoms. The van der Waals surface area contributed by atoms with Gasteiger partial charge in [-0.2, -0.15) is 0 Å². The minimum Gasteiger partial charge on any atom is -0.482 e. The summed E-state index contributed by atoms with van der Waals surface area (Å²) in [6, 6.07) is 10.2. The summed E-state index contributed by atoms with van der Waals surface area (Å²) in [6.07, 6.45) is 0.360. The van der Waals surface area contributed by atoms with Crippen molar-refractivity contribution in [1.82, 2.24) is 5.32 Å². The molecule has 2 amide bonds. The molecular weight excluding hydrogens is 419 g/mol. The molecule has 29 heavy (non-hydrogen) atoms. The van der Waals surface area contributed by atoms with Crippen molar-refractivity contribution in [3.63, 3.8) is 0 Å². The van der Waals surface area contributed by atoms with Gasteiger partial charge in [-0.15, -0.1) is 0 Å². The summed E-state index contributed by atoms with van der Waals surface area (Å²) in [5.41, 5.74) is 0.758. The van der Waals surface area contributed by atoms with Crippen LogP contribution in [-0.4, -0.2) is 38.3 Å². The Labute approximate surface area is 177 Å². The Bertz CT molecular complexity index is 952. The number of anilines is 1. The lowest BCUT2D eigenvalue weighted by atomic mass is 10.1. The van der Waals surface area contributed by atoms with Crippen LogP contribution >= 0.6 is 23.2 Å². The van der Waals surface area contributed by atoms with Gasteiger partial charge in [-0.1, -0.05) is 23.2 Å². The fourth-order valence-corrected chi connectivity index (χ4v) is 3.73. The number of hydrogen-bond donors (Lipinski definition) is 1. The van der Waals surface area contributed by atoms with Crippen molar-refractivity contribution in [1.29, 1.82) is 0 Å². The van der Waals surface area contributed by atoms with E-state index in [9.17, 15) is 9.59 Å². The molecule has 1 atom stereocenters. The van der Waals surface area contributed by atoms with Gasteiger partial charge in [0.1, 0.15) is 5.75 Å². The van der Waals surface area contributed by atoms with Gasteiger partial charge in [0.2, 0.25) is 12.7 Å². The molecule has 2 aliphatic rings. The topological polar surface area (TPSA) is 77.1 Å². The monoisotopic (exact) mass is 436 g/mol. The number of hydrogen-bond acceptors (Lipinski definition) is 5. The van der Waals surface area contributed by atoms with E-state index in [1.807, 2.05) is 6.07 Å². The van der Waals surface area contributed by atoms with Crippen LogP contribution in [-0.2, 0) is 9.59 Å². The number of benzene rings is 2. The van der Waals surface area contributed by atoms with Crippen LogP contribution in [0.3, 0.4) is 0 Å². The van der Waals surface area contributed by atoms with Crippen LogP contribution in [0.4, 0.5) is 5.69 Å². The van der Waals surface area contributed by atoms with Crippen molar-refractivity contribution in [3.05, 3.63) is 46.4 Å². The van der Waals surface area contributed by atoms with Crippen LogP contribution in [0.2, 0.25) is 10.0 Å². The molecule has 2 aromatic carbocycles. The van der Waals surface area contributed by atoms with Gasteiger partial charge in [0.15, 0.2) is 18.1 Å². The predicted molar refractivity (Wildman–Crippen MR) is 108 cm³/mol. The second kappa shape index (κ2) is 8.39. The maximum Gasteiger partial charge on any atom is 0.257 e. The summed E-state index contributed by atoms with van der Waals surface area (Å²) in [4.78, 5) is 26.2. The van der Waals surface area contributed by atoms with E-state index in [4.69, 9.17) is 37.4 Å². The second-order valence-electron chi connectivity index (χ2n) is 6.78. The number of nitrogens with one attached hydrogen (secondary N) is 1. The van der Waals surface area contributed by atoms with Crippen LogP contribution in [0.15, 0.2) is 36.4 Å². The first-order chi connectivity index (χ1) is 14.0. The SMILES string of the molecule is O=C(COc1ccc(Cl)cc1Cl)NC[C@@H]1CC(=O)N(c2ccc3c(c2)OCO3)C1. The zero-order chi connectivity index (χ0) is 20.4. The highest BCUT2D eigenvalue weighted by Crippen LogP contribution is 2.37. The minimum atomic E-state index is -0.287. The smallest absolute Gasteiger partial charge is 0.257 e. The highest BCUT2D eigenvalue weighted by molar-refractivity contribution is 6.35. The van der Waals surface area contributed by atoms with E-state index in [0.717, 1.165) is 5.69 Å². The van der Waals surface area contributed by atoms with Gasteiger partial charge >= 0.3 is 0 Å². The van der Waals surface area contributed by atoms with Crippen LogP contribution in [0.1, 0.15) is 6.42 Å². The normalized spacial score (nSPS) is 17.5.